The van der Waals surface area contributed by atoms with Crippen molar-refractivity contribution in [1.82, 2.24) is 10.6 Å². The van der Waals surface area contributed by atoms with Crippen LogP contribution in [0.3, 0.4) is 0 Å². The molecule has 54 valence electrons. The summed E-state index contributed by atoms with van der Waals surface area (Å²) in [5, 5.41) is 15.2. The van der Waals surface area contributed by atoms with Gasteiger partial charge < -0.3 is 15.7 Å². The molecule has 0 aliphatic carbocycles. The van der Waals surface area contributed by atoms with Gasteiger partial charge in [-0.2, -0.15) is 0 Å². The number of hydrogen-bond acceptors (Lipinski definition) is 3. The van der Waals surface area contributed by atoms with Gasteiger partial charge in [0.2, 0.25) is 0 Å². The largest absolute Gasteiger partial charge is 0.395 e. The van der Waals surface area contributed by atoms with Gasteiger partial charge in [0.1, 0.15) is 0 Å². The van der Waals surface area contributed by atoms with Crippen LogP contribution < -0.4 is 10.6 Å². The number of nitrogens with one attached hydrogen (secondary N) is 2. The van der Waals surface area contributed by atoms with Gasteiger partial charge in [-0.15, -0.1) is 0 Å². The van der Waals surface area contributed by atoms with E-state index in [0.29, 0.717) is 6.04 Å². The molecule has 3 N–H and O–H groups in total. The fourth-order valence-electron chi connectivity index (χ4n) is 1.02. The molecule has 1 aliphatic heterocycles. The first-order valence-electron chi connectivity index (χ1n) is 3.48. The van der Waals surface area contributed by atoms with Crippen LogP contribution in [0.25, 0.3) is 0 Å². The third-order valence-corrected chi connectivity index (χ3v) is 1.62. The second kappa shape index (κ2) is 3.82. The van der Waals surface area contributed by atoms with Crippen LogP contribution in [-0.2, 0) is 0 Å². The molecule has 0 amide bonds. The van der Waals surface area contributed by atoms with E-state index in [9.17, 15) is 0 Å². The normalized spacial score (nSPS) is 29.7. The average molecular weight is 130 g/mol. The molecule has 0 unspecified atom stereocenters. The summed E-state index contributed by atoms with van der Waals surface area (Å²) in [7, 11) is 0. The lowest BCUT2D eigenvalue weighted by molar-refractivity contribution is 0.242. The van der Waals surface area contributed by atoms with Gasteiger partial charge in [-0.05, 0) is 13.0 Å². The Morgan fingerprint density at radius 1 is 1.33 bits per heavy atom. The molecule has 0 saturated carbocycles. The van der Waals surface area contributed by atoms with Gasteiger partial charge in [-0.25, -0.2) is 0 Å². The molecule has 0 radical (unpaired) electrons. The Kier molecular flexibility index (Phi) is 2.97. The Morgan fingerprint density at radius 2 is 2.22 bits per heavy atom. The molecule has 1 aliphatic rings. The molecular weight excluding hydrogens is 116 g/mol. The highest BCUT2D eigenvalue weighted by atomic mass is 16.3. The van der Waals surface area contributed by atoms with Gasteiger partial charge in [0, 0.05) is 19.1 Å². The fourth-order valence-corrected chi connectivity index (χ4v) is 1.02. The Labute approximate surface area is 55.5 Å². The van der Waals surface area contributed by atoms with Crippen molar-refractivity contribution in [2.24, 2.45) is 0 Å². The van der Waals surface area contributed by atoms with Crippen LogP contribution >= 0.6 is 0 Å². The van der Waals surface area contributed by atoms with E-state index < -0.39 is 0 Å². The molecule has 1 atom stereocenters. The summed E-state index contributed by atoms with van der Waals surface area (Å²) >= 11 is 0. The van der Waals surface area contributed by atoms with Gasteiger partial charge in [0.05, 0.1) is 6.61 Å². The van der Waals surface area contributed by atoms with E-state index in [-0.39, 0.29) is 6.61 Å². The van der Waals surface area contributed by atoms with E-state index in [1.54, 1.807) is 0 Å². The third-order valence-electron chi connectivity index (χ3n) is 1.62. The predicted molar refractivity (Wildman–Crippen MR) is 36.4 cm³/mol. The number of rotatable bonds is 1. The van der Waals surface area contributed by atoms with E-state index in [1.807, 2.05) is 0 Å². The Balaban J connectivity index is 2.18. The summed E-state index contributed by atoms with van der Waals surface area (Å²) in [5.41, 5.74) is 0. The second-order valence-electron chi connectivity index (χ2n) is 2.37. The molecule has 0 aromatic rings. The van der Waals surface area contributed by atoms with Crippen LogP contribution in [0.1, 0.15) is 6.42 Å². The van der Waals surface area contributed by atoms with Gasteiger partial charge in [0.25, 0.3) is 0 Å². The van der Waals surface area contributed by atoms with Crippen LogP contribution in [-0.4, -0.2) is 37.4 Å². The molecule has 0 spiro atoms. The summed E-state index contributed by atoms with van der Waals surface area (Å²) in [5.74, 6) is 0. The molecule has 0 aromatic carbocycles. The van der Waals surface area contributed by atoms with Crippen LogP contribution in [0.2, 0.25) is 0 Å². The van der Waals surface area contributed by atoms with E-state index >= 15 is 0 Å². The Hall–Kier alpha value is -0.120. The van der Waals surface area contributed by atoms with Crippen molar-refractivity contribution in [2.75, 3.05) is 26.2 Å². The summed E-state index contributed by atoms with van der Waals surface area (Å²) < 4.78 is 0. The highest BCUT2D eigenvalue weighted by Crippen LogP contribution is 1.90. The first kappa shape index (κ1) is 6.99. The summed E-state index contributed by atoms with van der Waals surface area (Å²) in [4.78, 5) is 0. The molecule has 0 bridgehead atoms. The van der Waals surface area contributed by atoms with Crippen molar-refractivity contribution in [3.63, 3.8) is 0 Å². The SMILES string of the molecule is OC[C@H]1CCNCCN1. The third kappa shape index (κ3) is 2.30. The summed E-state index contributed by atoms with van der Waals surface area (Å²) in [6, 6.07) is 0.319. The van der Waals surface area contributed by atoms with Crippen molar-refractivity contribution >= 4 is 0 Å². The molecule has 3 nitrogen and oxygen atoms in total. The van der Waals surface area contributed by atoms with Gasteiger partial charge in [-0.1, -0.05) is 0 Å². The van der Waals surface area contributed by atoms with Crippen LogP contribution in [0.15, 0.2) is 0 Å². The summed E-state index contributed by atoms with van der Waals surface area (Å²) in [6.07, 6.45) is 1.04. The number of aliphatic hydroxyl groups is 1. The molecular formula is C6H14N2O. The fraction of sp³-hybridized carbons (Fsp3) is 1.00. The first-order chi connectivity index (χ1) is 4.43. The second-order valence-corrected chi connectivity index (χ2v) is 2.37. The standard InChI is InChI=1S/C6H14N2O/c9-5-6-1-2-7-3-4-8-6/h6-9H,1-5H2/t6-/m1/s1. The minimum atomic E-state index is 0.266. The minimum Gasteiger partial charge on any atom is -0.395 e. The Morgan fingerprint density at radius 3 is 3.00 bits per heavy atom. The van der Waals surface area contributed by atoms with Crippen molar-refractivity contribution in [2.45, 2.75) is 12.5 Å². The smallest absolute Gasteiger partial charge is 0.0585 e. The zero-order valence-corrected chi connectivity index (χ0v) is 5.56. The van der Waals surface area contributed by atoms with Crippen LogP contribution in [0.5, 0.6) is 0 Å². The lowest BCUT2D eigenvalue weighted by Gasteiger charge is -2.09. The quantitative estimate of drug-likeness (QED) is 0.423. The maximum atomic E-state index is 8.73. The number of hydrogen-bond donors (Lipinski definition) is 3. The monoisotopic (exact) mass is 130 g/mol. The van der Waals surface area contributed by atoms with Gasteiger partial charge in [0.15, 0.2) is 0 Å². The average Bonchev–Trinajstić information content (AvgIpc) is 2.13. The molecule has 1 fully saturated rings. The topological polar surface area (TPSA) is 44.3 Å². The zero-order valence-electron chi connectivity index (χ0n) is 5.56. The predicted octanol–water partition coefficient (Wildman–Crippen LogP) is -1.07. The molecule has 0 aromatic heterocycles. The van der Waals surface area contributed by atoms with Crippen LogP contribution in [0.4, 0.5) is 0 Å². The summed E-state index contributed by atoms with van der Waals surface area (Å²) in [6.45, 7) is 3.29. The van der Waals surface area contributed by atoms with Crippen molar-refractivity contribution in [1.29, 1.82) is 0 Å². The van der Waals surface area contributed by atoms with Gasteiger partial charge in [-0.3, -0.25) is 0 Å². The van der Waals surface area contributed by atoms with E-state index in [4.69, 9.17) is 5.11 Å². The van der Waals surface area contributed by atoms with E-state index in [0.717, 1.165) is 26.1 Å². The van der Waals surface area contributed by atoms with Gasteiger partial charge >= 0.3 is 0 Å². The molecule has 9 heavy (non-hydrogen) atoms. The lowest BCUT2D eigenvalue weighted by atomic mass is 10.2. The maximum Gasteiger partial charge on any atom is 0.0585 e. The maximum absolute atomic E-state index is 8.73. The van der Waals surface area contributed by atoms with Crippen molar-refractivity contribution in [3.05, 3.63) is 0 Å². The zero-order chi connectivity index (χ0) is 6.53. The number of aliphatic hydroxyl groups excluding tert-OH is 1. The Bertz CT molecular complexity index is 69.5. The van der Waals surface area contributed by atoms with Crippen molar-refractivity contribution < 1.29 is 5.11 Å². The molecule has 1 heterocycles. The van der Waals surface area contributed by atoms with E-state index in [2.05, 4.69) is 10.6 Å². The minimum absolute atomic E-state index is 0.266. The molecule has 3 heteroatoms. The highest BCUT2D eigenvalue weighted by Gasteiger charge is 2.07. The molecule has 1 rings (SSSR count). The first-order valence-corrected chi connectivity index (χ1v) is 3.48. The van der Waals surface area contributed by atoms with Crippen molar-refractivity contribution in [3.8, 4) is 0 Å². The lowest BCUT2D eigenvalue weighted by Crippen LogP contribution is -2.32. The van der Waals surface area contributed by atoms with Crippen LogP contribution in [0, 0.1) is 0 Å². The highest BCUT2D eigenvalue weighted by molar-refractivity contribution is 4.70. The van der Waals surface area contributed by atoms with E-state index in [1.165, 1.54) is 0 Å². The molecule has 1 saturated heterocycles.